The fourth-order valence-electron chi connectivity index (χ4n) is 0.882. The van der Waals surface area contributed by atoms with Crippen molar-refractivity contribution in [2.45, 2.75) is 25.9 Å². The van der Waals surface area contributed by atoms with E-state index in [0.29, 0.717) is 13.0 Å². The zero-order valence-corrected chi connectivity index (χ0v) is 7.58. The van der Waals surface area contributed by atoms with Crippen molar-refractivity contribution in [3.63, 3.8) is 0 Å². The molecule has 1 rings (SSSR count). The zero-order valence-electron chi connectivity index (χ0n) is 7.58. The number of rotatable bonds is 4. The van der Waals surface area contributed by atoms with E-state index >= 15 is 0 Å². The van der Waals surface area contributed by atoms with Gasteiger partial charge < -0.3 is 11.1 Å². The number of carbonyl (C=O) groups is 1. The molecule has 0 fully saturated rings. The Bertz CT molecular complexity index is 257. The molecule has 5 nitrogen and oxygen atoms in total. The maximum atomic E-state index is 11.2. The summed E-state index contributed by atoms with van der Waals surface area (Å²) in [5.74, 6) is -0.128. The fraction of sp³-hybridized carbons (Fsp3) is 0.500. The normalized spacial score (nSPS) is 12.5. The molecule has 1 amide bonds. The van der Waals surface area contributed by atoms with Crippen LogP contribution in [0.3, 0.4) is 0 Å². The van der Waals surface area contributed by atoms with Crippen molar-refractivity contribution in [1.29, 1.82) is 0 Å². The molecule has 0 aromatic carbocycles. The maximum Gasteiger partial charge on any atom is 0.237 e. The van der Waals surface area contributed by atoms with Crippen LogP contribution in [0.4, 0.5) is 0 Å². The summed E-state index contributed by atoms with van der Waals surface area (Å²) in [6, 6.07) is 1.39. The number of H-pyrrole nitrogens is 1. The molecule has 1 unspecified atom stereocenters. The molecule has 0 radical (unpaired) electrons. The Morgan fingerprint density at radius 1 is 1.85 bits per heavy atom. The predicted octanol–water partition coefficient (Wildman–Crippen LogP) is -0.237. The van der Waals surface area contributed by atoms with Crippen LogP contribution in [0.5, 0.6) is 0 Å². The summed E-state index contributed by atoms with van der Waals surface area (Å²) in [7, 11) is 0. The molecule has 1 aromatic rings. The Morgan fingerprint density at radius 3 is 3.15 bits per heavy atom. The van der Waals surface area contributed by atoms with Gasteiger partial charge in [0.25, 0.3) is 0 Å². The second-order valence-electron chi connectivity index (χ2n) is 2.81. The van der Waals surface area contributed by atoms with Crippen molar-refractivity contribution in [2.75, 3.05) is 0 Å². The molecule has 13 heavy (non-hydrogen) atoms. The lowest BCUT2D eigenvalue weighted by molar-refractivity contribution is -0.122. The second-order valence-corrected chi connectivity index (χ2v) is 2.81. The summed E-state index contributed by atoms with van der Waals surface area (Å²) in [6.07, 6.45) is 2.29. The van der Waals surface area contributed by atoms with Crippen molar-refractivity contribution in [3.8, 4) is 0 Å². The number of nitrogens with two attached hydrogens (primary N) is 1. The molecule has 0 bridgehead atoms. The molecule has 0 saturated carbocycles. The van der Waals surface area contributed by atoms with Crippen LogP contribution in [0, 0.1) is 0 Å². The molecule has 1 aromatic heterocycles. The molecule has 72 valence electrons. The smallest absolute Gasteiger partial charge is 0.237 e. The number of nitrogens with one attached hydrogen (secondary N) is 2. The third-order valence-electron chi connectivity index (χ3n) is 1.79. The molecule has 4 N–H and O–H groups in total. The largest absolute Gasteiger partial charge is 0.349 e. The number of nitrogens with zero attached hydrogens (tertiary/aromatic N) is 1. The molecule has 0 aliphatic rings. The lowest BCUT2D eigenvalue weighted by Gasteiger charge is -2.08. The first-order valence-electron chi connectivity index (χ1n) is 4.25. The average Bonchev–Trinajstić information content (AvgIpc) is 2.65. The molecule has 5 heteroatoms. The molecular weight excluding hydrogens is 168 g/mol. The van der Waals surface area contributed by atoms with Crippen molar-refractivity contribution in [1.82, 2.24) is 15.5 Å². The predicted molar refractivity (Wildman–Crippen MR) is 48.7 cm³/mol. The number of hydrogen-bond donors (Lipinski definition) is 3. The quantitative estimate of drug-likeness (QED) is 0.601. The minimum absolute atomic E-state index is 0.128. The Kier molecular flexibility index (Phi) is 3.45. The molecule has 0 spiro atoms. The van der Waals surface area contributed by atoms with Gasteiger partial charge >= 0.3 is 0 Å². The van der Waals surface area contributed by atoms with E-state index in [1.807, 2.05) is 6.92 Å². The van der Waals surface area contributed by atoms with Gasteiger partial charge in [-0.15, -0.1) is 0 Å². The topological polar surface area (TPSA) is 83.8 Å². The lowest BCUT2D eigenvalue weighted by atomic mass is 10.2. The van der Waals surface area contributed by atoms with Crippen LogP contribution in [-0.2, 0) is 11.3 Å². The number of carbonyl (C=O) groups excluding carboxylic acids is 1. The van der Waals surface area contributed by atoms with Gasteiger partial charge in [0, 0.05) is 6.20 Å². The van der Waals surface area contributed by atoms with Crippen LogP contribution < -0.4 is 11.1 Å². The van der Waals surface area contributed by atoms with Crippen molar-refractivity contribution >= 4 is 5.91 Å². The fourth-order valence-corrected chi connectivity index (χ4v) is 0.882. The first-order chi connectivity index (χ1) is 6.24. The van der Waals surface area contributed by atoms with E-state index in [1.54, 1.807) is 12.3 Å². The highest BCUT2D eigenvalue weighted by Gasteiger charge is 2.09. The first kappa shape index (κ1) is 9.73. The van der Waals surface area contributed by atoms with Gasteiger partial charge in [-0.25, -0.2) is 0 Å². The van der Waals surface area contributed by atoms with Gasteiger partial charge in [-0.2, -0.15) is 5.10 Å². The Labute approximate surface area is 76.7 Å². The van der Waals surface area contributed by atoms with E-state index in [4.69, 9.17) is 5.73 Å². The first-order valence-corrected chi connectivity index (χ1v) is 4.25. The minimum Gasteiger partial charge on any atom is -0.349 e. The zero-order chi connectivity index (χ0) is 9.68. The molecule has 1 atom stereocenters. The van der Waals surface area contributed by atoms with Gasteiger partial charge in [0.2, 0.25) is 5.91 Å². The highest BCUT2D eigenvalue weighted by Crippen LogP contribution is 1.91. The van der Waals surface area contributed by atoms with E-state index in [-0.39, 0.29) is 5.91 Å². The van der Waals surface area contributed by atoms with E-state index < -0.39 is 6.04 Å². The molecule has 0 aliphatic heterocycles. The molecule has 1 heterocycles. The third kappa shape index (κ3) is 2.87. The van der Waals surface area contributed by atoms with Gasteiger partial charge in [-0.3, -0.25) is 9.89 Å². The molecule has 0 aliphatic carbocycles. The van der Waals surface area contributed by atoms with Crippen molar-refractivity contribution in [2.24, 2.45) is 5.73 Å². The SMILES string of the molecule is CCC(N)C(=O)NCc1ccn[nH]1. The van der Waals surface area contributed by atoms with E-state index in [1.165, 1.54) is 0 Å². The Balaban J connectivity index is 2.31. The van der Waals surface area contributed by atoms with Gasteiger partial charge in [0.15, 0.2) is 0 Å². The summed E-state index contributed by atoms with van der Waals surface area (Å²) in [5, 5.41) is 9.20. The summed E-state index contributed by atoms with van der Waals surface area (Å²) >= 11 is 0. The van der Waals surface area contributed by atoms with Crippen LogP contribution >= 0.6 is 0 Å². The third-order valence-corrected chi connectivity index (χ3v) is 1.79. The van der Waals surface area contributed by atoms with Gasteiger partial charge in [0.05, 0.1) is 18.3 Å². The van der Waals surface area contributed by atoms with Crippen LogP contribution in [0.15, 0.2) is 12.3 Å². The summed E-state index contributed by atoms with van der Waals surface area (Å²) in [4.78, 5) is 11.2. The van der Waals surface area contributed by atoms with Crippen LogP contribution in [0.1, 0.15) is 19.0 Å². The van der Waals surface area contributed by atoms with Crippen LogP contribution in [0.2, 0.25) is 0 Å². The van der Waals surface area contributed by atoms with E-state index in [9.17, 15) is 4.79 Å². The van der Waals surface area contributed by atoms with E-state index in [0.717, 1.165) is 5.69 Å². The van der Waals surface area contributed by atoms with Crippen molar-refractivity contribution in [3.05, 3.63) is 18.0 Å². The van der Waals surface area contributed by atoms with Crippen LogP contribution in [0.25, 0.3) is 0 Å². The summed E-state index contributed by atoms with van der Waals surface area (Å²) in [5.41, 5.74) is 6.39. The minimum atomic E-state index is -0.414. The number of aromatic amines is 1. The van der Waals surface area contributed by atoms with Crippen molar-refractivity contribution < 1.29 is 4.79 Å². The van der Waals surface area contributed by atoms with Gasteiger partial charge in [-0.05, 0) is 12.5 Å². The highest BCUT2D eigenvalue weighted by molar-refractivity contribution is 5.81. The average molecular weight is 182 g/mol. The van der Waals surface area contributed by atoms with Gasteiger partial charge in [-0.1, -0.05) is 6.92 Å². The highest BCUT2D eigenvalue weighted by atomic mass is 16.2. The summed E-state index contributed by atoms with van der Waals surface area (Å²) < 4.78 is 0. The van der Waals surface area contributed by atoms with Crippen LogP contribution in [-0.4, -0.2) is 22.1 Å². The van der Waals surface area contributed by atoms with Gasteiger partial charge in [0.1, 0.15) is 0 Å². The number of aromatic nitrogens is 2. The molecule has 0 saturated heterocycles. The molecular formula is C8H14N4O. The Hall–Kier alpha value is -1.36. The number of amides is 1. The maximum absolute atomic E-state index is 11.2. The second kappa shape index (κ2) is 4.61. The lowest BCUT2D eigenvalue weighted by Crippen LogP contribution is -2.39. The number of hydrogen-bond acceptors (Lipinski definition) is 3. The monoisotopic (exact) mass is 182 g/mol. The van der Waals surface area contributed by atoms with E-state index in [2.05, 4.69) is 15.5 Å². The summed E-state index contributed by atoms with van der Waals surface area (Å²) in [6.45, 7) is 2.33. The Morgan fingerprint density at radius 2 is 2.62 bits per heavy atom. The standard InChI is InChI=1S/C8H14N4O/c1-2-7(9)8(13)10-5-6-3-4-11-12-6/h3-4,7H,2,5,9H2,1H3,(H,10,13)(H,11,12).